The first-order valence-corrected chi connectivity index (χ1v) is 10.5. The Kier molecular flexibility index (Phi) is 6.52. The molecule has 0 aliphatic carbocycles. The van der Waals surface area contributed by atoms with Gasteiger partial charge >= 0.3 is 0 Å². The van der Waals surface area contributed by atoms with E-state index in [1.807, 2.05) is 74.2 Å². The van der Waals surface area contributed by atoms with Crippen molar-refractivity contribution in [1.82, 2.24) is 14.5 Å². The Labute approximate surface area is 169 Å². The topological polar surface area (TPSA) is 55.2 Å². The molecular formula is C22H25N3O2S. The fourth-order valence-corrected chi connectivity index (χ4v) is 4.46. The second-order valence-electron chi connectivity index (χ2n) is 6.38. The summed E-state index contributed by atoms with van der Waals surface area (Å²) >= 11 is 1.35. The third-order valence-corrected chi connectivity index (χ3v) is 6.00. The van der Waals surface area contributed by atoms with Gasteiger partial charge in [-0.3, -0.25) is 14.2 Å². The first-order valence-electron chi connectivity index (χ1n) is 9.60. The van der Waals surface area contributed by atoms with Crippen molar-refractivity contribution >= 4 is 28.6 Å². The van der Waals surface area contributed by atoms with Gasteiger partial charge in [0.05, 0.1) is 10.9 Å². The van der Waals surface area contributed by atoms with Crippen molar-refractivity contribution < 1.29 is 4.79 Å². The number of amides is 1. The highest BCUT2D eigenvalue weighted by Gasteiger charge is 2.27. The first-order chi connectivity index (χ1) is 13.6. The first kappa shape index (κ1) is 20.1. The number of rotatable bonds is 7. The second-order valence-corrected chi connectivity index (χ2v) is 7.45. The van der Waals surface area contributed by atoms with E-state index in [1.165, 1.54) is 11.8 Å². The van der Waals surface area contributed by atoms with Crippen LogP contribution in [0.15, 0.2) is 64.5 Å². The van der Waals surface area contributed by atoms with Gasteiger partial charge in [-0.2, -0.15) is 0 Å². The number of aromatic nitrogens is 2. The van der Waals surface area contributed by atoms with Gasteiger partial charge in [0.1, 0.15) is 5.25 Å². The van der Waals surface area contributed by atoms with Gasteiger partial charge in [-0.25, -0.2) is 4.98 Å². The molecule has 5 nitrogen and oxygen atoms in total. The molecule has 0 radical (unpaired) electrons. The van der Waals surface area contributed by atoms with Crippen LogP contribution in [0.25, 0.3) is 10.9 Å². The maximum Gasteiger partial charge on any atom is 0.262 e. The van der Waals surface area contributed by atoms with Gasteiger partial charge in [-0.05, 0) is 38.5 Å². The normalized spacial score (nSPS) is 12.1. The molecule has 28 heavy (non-hydrogen) atoms. The van der Waals surface area contributed by atoms with Crippen molar-refractivity contribution in [1.29, 1.82) is 0 Å². The summed E-state index contributed by atoms with van der Waals surface area (Å²) in [4.78, 5) is 32.7. The Hall–Kier alpha value is -2.60. The third-order valence-electron chi connectivity index (χ3n) is 4.77. The van der Waals surface area contributed by atoms with Crippen LogP contribution >= 0.6 is 11.8 Å². The average Bonchev–Trinajstić information content (AvgIpc) is 2.73. The zero-order chi connectivity index (χ0) is 20.1. The van der Waals surface area contributed by atoms with Crippen molar-refractivity contribution in [2.24, 2.45) is 0 Å². The smallest absolute Gasteiger partial charge is 0.262 e. The van der Waals surface area contributed by atoms with E-state index in [-0.39, 0.29) is 11.5 Å². The SMILES string of the molecule is CCN(CC)C(=O)[C@H](Sc1nc2ccccc2c(=O)n1CC)c1ccccc1. The van der Waals surface area contributed by atoms with E-state index in [2.05, 4.69) is 0 Å². The van der Waals surface area contributed by atoms with Crippen molar-refractivity contribution in [3.8, 4) is 0 Å². The number of hydrogen-bond donors (Lipinski definition) is 0. The number of fused-ring (bicyclic) bond motifs is 1. The van der Waals surface area contributed by atoms with Crippen LogP contribution in [0.4, 0.5) is 0 Å². The fraction of sp³-hybridized carbons (Fsp3) is 0.318. The Morgan fingerprint density at radius 1 is 1.04 bits per heavy atom. The maximum absolute atomic E-state index is 13.2. The van der Waals surface area contributed by atoms with Crippen molar-refractivity contribution in [3.05, 3.63) is 70.5 Å². The largest absolute Gasteiger partial charge is 0.342 e. The second kappa shape index (κ2) is 9.06. The van der Waals surface area contributed by atoms with Gasteiger partial charge < -0.3 is 4.90 Å². The highest BCUT2D eigenvalue weighted by molar-refractivity contribution is 8.00. The molecule has 0 aliphatic rings. The number of hydrogen-bond acceptors (Lipinski definition) is 4. The number of para-hydroxylation sites is 1. The van der Waals surface area contributed by atoms with Gasteiger partial charge in [-0.15, -0.1) is 0 Å². The quantitative estimate of drug-likeness (QED) is 0.446. The summed E-state index contributed by atoms with van der Waals surface area (Å²) in [7, 11) is 0. The van der Waals surface area contributed by atoms with E-state index < -0.39 is 5.25 Å². The molecule has 0 saturated carbocycles. The lowest BCUT2D eigenvalue weighted by molar-refractivity contribution is -0.130. The molecule has 3 aromatic rings. The summed E-state index contributed by atoms with van der Waals surface area (Å²) in [6, 6.07) is 17.0. The van der Waals surface area contributed by atoms with Crippen LogP contribution in [-0.4, -0.2) is 33.4 Å². The Morgan fingerprint density at radius 3 is 2.32 bits per heavy atom. The minimum atomic E-state index is -0.452. The highest BCUT2D eigenvalue weighted by Crippen LogP contribution is 2.36. The Balaban J connectivity index is 2.10. The highest BCUT2D eigenvalue weighted by atomic mass is 32.2. The molecule has 0 spiro atoms. The Morgan fingerprint density at radius 2 is 1.68 bits per heavy atom. The van der Waals surface area contributed by atoms with E-state index in [1.54, 1.807) is 10.6 Å². The summed E-state index contributed by atoms with van der Waals surface area (Å²) in [5.41, 5.74) is 1.49. The molecule has 1 atom stereocenters. The molecule has 1 aromatic heterocycles. The van der Waals surface area contributed by atoms with Crippen LogP contribution in [0.2, 0.25) is 0 Å². The molecule has 1 heterocycles. The van der Waals surface area contributed by atoms with Crippen molar-refractivity contribution in [2.75, 3.05) is 13.1 Å². The van der Waals surface area contributed by atoms with E-state index in [0.717, 1.165) is 5.56 Å². The summed E-state index contributed by atoms with van der Waals surface area (Å²) in [6.45, 7) is 7.66. The van der Waals surface area contributed by atoms with Crippen LogP contribution in [-0.2, 0) is 11.3 Å². The van der Waals surface area contributed by atoms with Crippen molar-refractivity contribution in [3.63, 3.8) is 0 Å². The minimum absolute atomic E-state index is 0.0336. The summed E-state index contributed by atoms with van der Waals surface area (Å²) in [5.74, 6) is 0.0336. The number of thioether (sulfide) groups is 1. The molecule has 0 fully saturated rings. The molecule has 0 bridgehead atoms. The van der Waals surface area contributed by atoms with Crippen LogP contribution < -0.4 is 5.56 Å². The fourth-order valence-electron chi connectivity index (χ4n) is 3.21. The van der Waals surface area contributed by atoms with Gasteiger partial charge in [-0.1, -0.05) is 54.2 Å². The summed E-state index contributed by atoms with van der Waals surface area (Å²) < 4.78 is 1.65. The Bertz CT molecular complexity index is 1010. The monoisotopic (exact) mass is 395 g/mol. The zero-order valence-corrected chi connectivity index (χ0v) is 17.3. The molecule has 0 unspecified atom stereocenters. The molecule has 0 saturated heterocycles. The molecular weight excluding hydrogens is 370 g/mol. The molecule has 146 valence electrons. The van der Waals surface area contributed by atoms with Crippen LogP contribution in [0.5, 0.6) is 0 Å². The summed E-state index contributed by atoms with van der Waals surface area (Å²) in [6.07, 6.45) is 0. The van der Waals surface area contributed by atoms with Gasteiger partial charge in [0.2, 0.25) is 5.91 Å². The number of carbonyl (C=O) groups is 1. The molecule has 0 aliphatic heterocycles. The lowest BCUT2D eigenvalue weighted by Gasteiger charge is -2.25. The lowest BCUT2D eigenvalue weighted by Crippen LogP contribution is -2.34. The predicted octanol–water partition coefficient (Wildman–Crippen LogP) is 4.12. The van der Waals surface area contributed by atoms with Gasteiger partial charge in [0, 0.05) is 19.6 Å². The standard InChI is InChI=1S/C22H25N3O2S/c1-4-24(5-2)21(27)19(16-12-8-7-9-13-16)28-22-23-18-15-11-10-14-17(18)20(26)25(22)6-3/h7-15,19H,4-6H2,1-3H3/t19-/m1/s1. The molecule has 6 heteroatoms. The molecule has 3 rings (SSSR count). The summed E-state index contributed by atoms with van der Waals surface area (Å²) in [5, 5.41) is 0.715. The molecule has 0 N–H and O–H groups in total. The predicted molar refractivity (Wildman–Crippen MR) is 115 cm³/mol. The zero-order valence-electron chi connectivity index (χ0n) is 16.5. The van der Waals surface area contributed by atoms with Crippen LogP contribution in [0.3, 0.4) is 0 Å². The minimum Gasteiger partial charge on any atom is -0.342 e. The molecule has 1 amide bonds. The lowest BCUT2D eigenvalue weighted by atomic mass is 10.1. The van der Waals surface area contributed by atoms with Gasteiger partial charge in [0.25, 0.3) is 5.56 Å². The van der Waals surface area contributed by atoms with E-state index >= 15 is 0 Å². The van der Waals surface area contributed by atoms with Crippen LogP contribution in [0.1, 0.15) is 31.6 Å². The van der Waals surface area contributed by atoms with Crippen molar-refractivity contribution in [2.45, 2.75) is 37.7 Å². The number of likely N-dealkylation sites (N-methyl/N-ethyl adjacent to an activating group) is 1. The molecule has 2 aromatic carbocycles. The number of nitrogens with zero attached hydrogens (tertiary/aromatic N) is 3. The third kappa shape index (κ3) is 3.97. The van der Waals surface area contributed by atoms with E-state index in [9.17, 15) is 9.59 Å². The van der Waals surface area contributed by atoms with Crippen LogP contribution in [0, 0.1) is 0 Å². The van der Waals surface area contributed by atoms with Gasteiger partial charge in [0.15, 0.2) is 5.16 Å². The average molecular weight is 396 g/mol. The van der Waals surface area contributed by atoms with E-state index in [0.29, 0.717) is 35.7 Å². The number of carbonyl (C=O) groups excluding carboxylic acids is 1. The maximum atomic E-state index is 13.2. The van der Waals surface area contributed by atoms with E-state index in [4.69, 9.17) is 4.98 Å². The number of benzene rings is 2.